The smallest absolute Gasteiger partial charge is 0.178 e. The third-order valence-corrected chi connectivity index (χ3v) is 4.83. The van der Waals surface area contributed by atoms with E-state index in [1.165, 1.54) is 18.2 Å². The average Bonchev–Trinajstić information content (AvgIpc) is 2.54. The lowest BCUT2D eigenvalue weighted by Crippen LogP contribution is -2.06. The highest BCUT2D eigenvalue weighted by atomic mass is 32.2. The van der Waals surface area contributed by atoms with Gasteiger partial charge in [-0.05, 0) is 42.8 Å². The van der Waals surface area contributed by atoms with Crippen molar-refractivity contribution in [3.63, 3.8) is 0 Å². The van der Waals surface area contributed by atoms with Crippen molar-refractivity contribution in [2.24, 2.45) is 10.2 Å². The number of benzene rings is 2. The number of sulfone groups is 1. The fourth-order valence-electron chi connectivity index (χ4n) is 1.89. The van der Waals surface area contributed by atoms with Crippen molar-refractivity contribution in [1.29, 1.82) is 0 Å². The Bertz CT molecular complexity index is 845. The molecule has 0 aromatic heterocycles. The van der Waals surface area contributed by atoms with E-state index in [0.29, 0.717) is 17.7 Å². The molecule has 1 N–H and O–H groups in total. The number of hydrogen-bond donors (Lipinski definition) is 1. The molecule has 120 valence electrons. The molecule has 0 atom stereocenters. The molecule has 2 aromatic rings. The lowest BCUT2D eigenvalue weighted by Gasteiger charge is -2.03. The second-order valence-corrected chi connectivity index (χ2v) is 7.07. The summed E-state index contributed by atoms with van der Waals surface area (Å²) in [5.41, 5.74) is 1.57. The monoisotopic (exact) mass is 332 g/mol. The van der Waals surface area contributed by atoms with E-state index in [9.17, 15) is 18.3 Å². The van der Waals surface area contributed by atoms with Crippen LogP contribution in [0.1, 0.15) is 12.0 Å². The molecular weight excluding hydrogens is 316 g/mol. The summed E-state index contributed by atoms with van der Waals surface area (Å²) >= 11 is 0. The van der Waals surface area contributed by atoms with Crippen molar-refractivity contribution >= 4 is 27.5 Å². The molecule has 0 saturated carbocycles. The maximum absolute atomic E-state index is 12.0. The summed E-state index contributed by atoms with van der Waals surface area (Å²) in [6.45, 7) is 1.86. The topological polar surface area (TPSA) is 96.2 Å². The van der Waals surface area contributed by atoms with Gasteiger partial charge in [0.15, 0.2) is 9.84 Å². The maximum Gasteiger partial charge on any atom is 0.178 e. The summed E-state index contributed by atoms with van der Waals surface area (Å²) in [6, 6.07) is 10.9. The van der Waals surface area contributed by atoms with Crippen LogP contribution in [-0.4, -0.2) is 25.6 Å². The predicted octanol–water partition coefficient (Wildman–Crippen LogP) is 3.48. The van der Waals surface area contributed by atoms with Crippen molar-refractivity contribution in [3.8, 4) is 5.75 Å². The minimum absolute atomic E-state index is 0.00545. The minimum Gasteiger partial charge on any atom is -0.506 e. The zero-order valence-corrected chi connectivity index (χ0v) is 13.3. The van der Waals surface area contributed by atoms with Crippen LogP contribution in [0.4, 0.5) is 11.4 Å². The van der Waals surface area contributed by atoms with Crippen LogP contribution in [-0.2, 0) is 14.6 Å². The standard InChI is InChI=1S/C16H16N2O4S/c1-12-6-7-16(20)15(10-12)18-17-13-4-2-5-14(11-13)23(21,22)9-3-8-19/h2,4-8,10-11,20H,3,9H2,1H3. The van der Waals surface area contributed by atoms with Gasteiger partial charge in [0.05, 0.1) is 16.3 Å². The summed E-state index contributed by atoms with van der Waals surface area (Å²) in [6.07, 6.45) is 0.521. The van der Waals surface area contributed by atoms with Crippen molar-refractivity contribution in [2.45, 2.75) is 18.2 Å². The number of aryl methyl sites for hydroxylation is 1. The van der Waals surface area contributed by atoms with Gasteiger partial charge in [0.25, 0.3) is 0 Å². The number of aldehydes is 1. The summed E-state index contributed by atoms with van der Waals surface area (Å²) in [5, 5.41) is 17.6. The van der Waals surface area contributed by atoms with Crippen LogP contribution < -0.4 is 0 Å². The molecule has 2 rings (SSSR count). The van der Waals surface area contributed by atoms with Crippen LogP contribution in [0.5, 0.6) is 5.75 Å². The van der Waals surface area contributed by atoms with Crippen LogP contribution in [0.25, 0.3) is 0 Å². The molecule has 0 aliphatic rings. The quantitative estimate of drug-likeness (QED) is 0.647. The largest absolute Gasteiger partial charge is 0.506 e. The van der Waals surface area contributed by atoms with Crippen LogP contribution in [0.2, 0.25) is 0 Å². The highest BCUT2D eigenvalue weighted by molar-refractivity contribution is 7.91. The molecule has 0 fully saturated rings. The fraction of sp³-hybridized carbons (Fsp3) is 0.188. The second kappa shape index (κ2) is 7.15. The summed E-state index contributed by atoms with van der Waals surface area (Å²) in [7, 11) is -3.53. The van der Waals surface area contributed by atoms with E-state index in [4.69, 9.17) is 0 Å². The maximum atomic E-state index is 12.0. The Morgan fingerprint density at radius 1 is 1.13 bits per heavy atom. The van der Waals surface area contributed by atoms with Gasteiger partial charge in [-0.15, -0.1) is 5.11 Å². The normalized spacial score (nSPS) is 11.7. The fourth-order valence-corrected chi connectivity index (χ4v) is 3.11. The van der Waals surface area contributed by atoms with E-state index < -0.39 is 9.84 Å². The molecule has 23 heavy (non-hydrogen) atoms. The number of phenols is 1. The van der Waals surface area contributed by atoms with Crippen molar-refractivity contribution in [3.05, 3.63) is 48.0 Å². The van der Waals surface area contributed by atoms with Gasteiger partial charge < -0.3 is 9.90 Å². The van der Waals surface area contributed by atoms with E-state index in [0.717, 1.165) is 5.56 Å². The Kier molecular flexibility index (Phi) is 5.23. The highest BCUT2D eigenvalue weighted by Crippen LogP contribution is 2.29. The first-order valence-corrected chi connectivity index (χ1v) is 8.55. The van der Waals surface area contributed by atoms with E-state index in [1.54, 1.807) is 24.3 Å². The van der Waals surface area contributed by atoms with Gasteiger partial charge >= 0.3 is 0 Å². The molecule has 0 saturated heterocycles. The van der Waals surface area contributed by atoms with Gasteiger partial charge in [0, 0.05) is 6.42 Å². The van der Waals surface area contributed by atoms with Gasteiger partial charge in [0.2, 0.25) is 0 Å². The zero-order valence-electron chi connectivity index (χ0n) is 12.5. The summed E-state index contributed by atoms with van der Waals surface area (Å²) < 4.78 is 24.1. The van der Waals surface area contributed by atoms with E-state index >= 15 is 0 Å². The number of nitrogens with zero attached hydrogens (tertiary/aromatic N) is 2. The number of carbonyl (C=O) groups is 1. The summed E-state index contributed by atoms with van der Waals surface area (Å²) in [4.78, 5) is 10.4. The van der Waals surface area contributed by atoms with Crippen molar-refractivity contribution in [1.82, 2.24) is 0 Å². The number of rotatable bonds is 6. The molecule has 6 nitrogen and oxygen atoms in total. The molecule has 0 aliphatic heterocycles. The average molecular weight is 332 g/mol. The number of azo groups is 1. The Balaban J connectivity index is 2.28. The molecule has 0 heterocycles. The van der Waals surface area contributed by atoms with Crippen molar-refractivity contribution in [2.75, 3.05) is 5.75 Å². The van der Waals surface area contributed by atoms with Crippen LogP contribution in [0, 0.1) is 6.92 Å². The molecule has 0 bridgehead atoms. The minimum atomic E-state index is -3.53. The molecule has 0 unspecified atom stereocenters. The highest BCUT2D eigenvalue weighted by Gasteiger charge is 2.14. The van der Waals surface area contributed by atoms with E-state index in [1.807, 2.05) is 6.92 Å². The third-order valence-electron chi connectivity index (χ3n) is 3.09. The van der Waals surface area contributed by atoms with Gasteiger partial charge in [-0.25, -0.2) is 8.42 Å². The second-order valence-electron chi connectivity index (χ2n) is 4.96. The zero-order chi connectivity index (χ0) is 16.9. The first kappa shape index (κ1) is 16.8. The Hall–Kier alpha value is -2.54. The van der Waals surface area contributed by atoms with Crippen LogP contribution >= 0.6 is 0 Å². The SMILES string of the molecule is Cc1ccc(O)c(N=Nc2cccc(S(=O)(=O)CCC=O)c2)c1. The number of aromatic hydroxyl groups is 1. The van der Waals surface area contributed by atoms with Crippen molar-refractivity contribution < 1.29 is 18.3 Å². The van der Waals surface area contributed by atoms with Crippen LogP contribution in [0.15, 0.2) is 57.6 Å². The predicted molar refractivity (Wildman–Crippen MR) is 86.2 cm³/mol. The molecule has 7 heteroatoms. The molecule has 0 amide bonds. The van der Waals surface area contributed by atoms with Gasteiger partial charge in [-0.3, -0.25) is 0 Å². The third kappa shape index (κ3) is 4.46. The van der Waals surface area contributed by atoms with Gasteiger partial charge in [-0.2, -0.15) is 5.11 Å². The van der Waals surface area contributed by atoms with E-state index in [-0.39, 0.29) is 22.8 Å². The van der Waals surface area contributed by atoms with Gasteiger partial charge in [0.1, 0.15) is 17.7 Å². The summed E-state index contributed by atoms with van der Waals surface area (Å²) in [5.74, 6) is -0.246. The first-order chi connectivity index (χ1) is 10.9. The number of hydrogen-bond acceptors (Lipinski definition) is 6. The molecule has 0 aliphatic carbocycles. The molecule has 0 radical (unpaired) electrons. The molecule has 0 spiro atoms. The lowest BCUT2D eigenvalue weighted by molar-refractivity contribution is -0.107. The number of phenolic OH excluding ortho intramolecular Hbond substituents is 1. The Morgan fingerprint density at radius 3 is 2.65 bits per heavy atom. The lowest BCUT2D eigenvalue weighted by atomic mass is 10.2. The van der Waals surface area contributed by atoms with Gasteiger partial charge in [-0.1, -0.05) is 12.1 Å². The first-order valence-electron chi connectivity index (χ1n) is 6.90. The Labute approximate surface area is 134 Å². The Morgan fingerprint density at radius 2 is 1.91 bits per heavy atom. The van der Waals surface area contributed by atoms with E-state index in [2.05, 4.69) is 10.2 Å². The molecular formula is C16H16N2O4S. The van der Waals surface area contributed by atoms with Crippen LogP contribution in [0.3, 0.4) is 0 Å². The molecule has 2 aromatic carbocycles. The number of carbonyl (C=O) groups excluding carboxylic acids is 1.